The SMILES string of the molecule is O=C(Cn1ccc(=O)[nH]c1=O)Nc1cccc(Cl)c1-n1cncn1. The summed E-state index contributed by atoms with van der Waals surface area (Å²) in [4.78, 5) is 40.8. The van der Waals surface area contributed by atoms with Crippen LogP contribution in [-0.2, 0) is 11.3 Å². The predicted molar refractivity (Wildman–Crippen MR) is 86.3 cm³/mol. The molecule has 9 nitrogen and oxygen atoms in total. The number of hydrogen-bond acceptors (Lipinski definition) is 5. The third-order valence-electron chi connectivity index (χ3n) is 3.12. The first-order valence-corrected chi connectivity index (χ1v) is 7.15. The number of rotatable bonds is 4. The molecule has 1 amide bonds. The van der Waals surface area contributed by atoms with Crippen molar-refractivity contribution in [2.45, 2.75) is 6.54 Å². The largest absolute Gasteiger partial charge is 0.328 e. The zero-order valence-corrected chi connectivity index (χ0v) is 12.9. The van der Waals surface area contributed by atoms with Gasteiger partial charge in [0, 0.05) is 12.3 Å². The molecule has 122 valence electrons. The molecule has 0 bridgehead atoms. The number of nitrogens with one attached hydrogen (secondary N) is 2. The first kappa shape index (κ1) is 15.7. The van der Waals surface area contributed by atoms with Gasteiger partial charge < -0.3 is 5.32 Å². The second-order valence-electron chi connectivity index (χ2n) is 4.76. The topological polar surface area (TPSA) is 115 Å². The predicted octanol–water partition coefficient (Wildman–Crippen LogP) is 0.409. The van der Waals surface area contributed by atoms with Crippen molar-refractivity contribution in [1.29, 1.82) is 0 Å². The summed E-state index contributed by atoms with van der Waals surface area (Å²) in [5, 5.41) is 7.04. The van der Waals surface area contributed by atoms with Crippen LogP contribution in [0.4, 0.5) is 5.69 Å². The van der Waals surface area contributed by atoms with Gasteiger partial charge in [0.15, 0.2) is 0 Å². The summed E-state index contributed by atoms with van der Waals surface area (Å²) < 4.78 is 2.50. The van der Waals surface area contributed by atoms with Crippen LogP contribution in [0.25, 0.3) is 5.69 Å². The normalized spacial score (nSPS) is 10.5. The highest BCUT2D eigenvalue weighted by atomic mass is 35.5. The number of H-pyrrole nitrogens is 1. The highest BCUT2D eigenvalue weighted by molar-refractivity contribution is 6.33. The maximum Gasteiger partial charge on any atom is 0.328 e. The molecule has 2 aromatic heterocycles. The first-order valence-electron chi connectivity index (χ1n) is 6.78. The van der Waals surface area contributed by atoms with Gasteiger partial charge in [0.05, 0.1) is 10.7 Å². The Morgan fingerprint density at radius 3 is 2.83 bits per heavy atom. The lowest BCUT2D eigenvalue weighted by Gasteiger charge is -2.12. The summed E-state index contributed by atoms with van der Waals surface area (Å²) in [6.07, 6.45) is 4.04. The Balaban J connectivity index is 1.86. The lowest BCUT2D eigenvalue weighted by molar-refractivity contribution is -0.116. The molecule has 0 fully saturated rings. The number of carbonyl (C=O) groups excluding carboxylic acids is 1. The van der Waals surface area contributed by atoms with Gasteiger partial charge in [-0.3, -0.25) is 19.1 Å². The molecule has 3 aromatic rings. The number of anilines is 1. The summed E-state index contributed by atoms with van der Waals surface area (Å²) in [7, 11) is 0. The average molecular weight is 347 g/mol. The summed E-state index contributed by atoms with van der Waals surface area (Å²) in [6.45, 7) is -0.265. The van der Waals surface area contributed by atoms with Crippen LogP contribution < -0.4 is 16.6 Å². The van der Waals surface area contributed by atoms with Crippen LogP contribution >= 0.6 is 11.6 Å². The van der Waals surface area contributed by atoms with Crippen molar-refractivity contribution in [3.05, 3.63) is 69.0 Å². The molecule has 0 saturated heterocycles. The van der Waals surface area contributed by atoms with Gasteiger partial charge >= 0.3 is 5.69 Å². The molecule has 0 unspecified atom stereocenters. The van der Waals surface area contributed by atoms with Crippen LogP contribution in [-0.4, -0.2) is 30.2 Å². The van der Waals surface area contributed by atoms with Crippen molar-refractivity contribution in [3.8, 4) is 5.69 Å². The number of aromatic nitrogens is 5. The highest BCUT2D eigenvalue weighted by Crippen LogP contribution is 2.27. The quantitative estimate of drug-likeness (QED) is 0.710. The summed E-state index contributed by atoms with van der Waals surface area (Å²) in [5.74, 6) is -0.465. The standard InChI is InChI=1S/C14H11ClN6O3/c15-9-2-1-3-10(13(9)21-8-16-7-17-21)18-12(23)6-20-5-4-11(22)19-14(20)24/h1-5,7-8H,6H2,(H,18,23)(H,19,22,24). The number of halogens is 1. The van der Waals surface area contributed by atoms with E-state index in [1.807, 2.05) is 0 Å². The molecule has 0 aliphatic heterocycles. The summed E-state index contributed by atoms with van der Waals surface area (Å²) in [5.41, 5.74) is -0.325. The van der Waals surface area contributed by atoms with Crippen molar-refractivity contribution < 1.29 is 4.79 Å². The molecule has 1 aromatic carbocycles. The minimum Gasteiger partial charge on any atom is -0.323 e. The maximum atomic E-state index is 12.2. The third kappa shape index (κ3) is 3.25. The Hall–Kier alpha value is -3.20. The van der Waals surface area contributed by atoms with Crippen LogP contribution in [0.3, 0.4) is 0 Å². The van der Waals surface area contributed by atoms with Crippen molar-refractivity contribution >= 4 is 23.2 Å². The molecule has 24 heavy (non-hydrogen) atoms. The smallest absolute Gasteiger partial charge is 0.323 e. The number of carbonyl (C=O) groups is 1. The minimum atomic E-state index is -0.666. The van der Waals surface area contributed by atoms with Gasteiger partial charge in [-0.15, -0.1) is 0 Å². The number of nitrogens with zero attached hydrogens (tertiary/aromatic N) is 4. The van der Waals surface area contributed by atoms with Gasteiger partial charge in [0.2, 0.25) is 5.91 Å². The number of amides is 1. The number of aromatic amines is 1. The molecule has 2 heterocycles. The van der Waals surface area contributed by atoms with Crippen LogP contribution in [0.2, 0.25) is 5.02 Å². The van der Waals surface area contributed by atoms with Crippen molar-refractivity contribution in [3.63, 3.8) is 0 Å². The Bertz CT molecular complexity index is 992. The third-order valence-corrected chi connectivity index (χ3v) is 3.42. The molecule has 0 aliphatic rings. The van der Waals surface area contributed by atoms with Gasteiger partial charge in [0.25, 0.3) is 5.56 Å². The number of benzene rings is 1. The van der Waals surface area contributed by atoms with Crippen LogP contribution in [0.5, 0.6) is 0 Å². The van der Waals surface area contributed by atoms with E-state index >= 15 is 0 Å². The maximum absolute atomic E-state index is 12.2. The van der Waals surface area contributed by atoms with E-state index in [1.54, 1.807) is 18.2 Å². The zero-order valence-electron chi connectivity index (χ0n) is 12.1. The fourth-order valence-electron chi connectivity index (χ4n) is 2.09. The molecule has 2 N–H and O–H groups in total. The fourth-order valence-corrected chi connectivity index (χ4v) is 2.35. The molecule has 0 spiro atoms. The van der Waals surface area contributed by atoms with Gasteiger partial charge in [-0.1, -0.05) is 17.7 Å². The molecule has 3 rings (SSSR count). The van der Waals surface area contributed by atoms with Crippen LogP contribution in [0.15, 0.2) is 52.7 Å². The average Bonchev–Trinajstić information content (AvgIpc) is 3.04. The van der Waals surface area contributed by atoms with E-state index < -0.39 is 17.2 Å². The molecule has 0 atom stereocenters. The van der Waals surface area contributed by atoms with E-state index in [-0.39, 0.29) is 6.54 Å². The van der Waals surface area contributed by atoms with Gasteiger partial charge in [-0.2, -0.15) is 5.10 Å². The molecular formula is C14H11ClN6O3. The molecular weight excluding hydrogens is 336 g/mol. The fraction of sp³-hybridized carbons (Fsp3) is 0.0714. The Labute approximate surface area is 139 Å². The Kier molecular flexibility index (Phi) is 4.25. The van der Waals surface area contributed by atoms with E-state index in [2.05, 4.69) is 20.4 Å². The van der Waals surface area contributed by atoms with E-state index in [9.17, 15) is 14.4 Å². The van der Waals surface area contributed by atoms with Gasteiger partial charge in [0.1, 0.15) is 24.9 Å². The van der Waals surface area contributed by atoms with E-state index in [0.29, 0.717) is 16.4 Å². The second-order valence-corrected chi connectivity index (χ2v) is 5.17. The minimum absolute atomic E-state index is 0.265. The van der Waals surface area contributed by atoms with Gasteiger partial charge in [-0.05, 0) is 12.1 Å². The Morgan fingerprint density at radius 2 is 2.12 bits per heavy atom. The van der Waals surface area contributed by atoms with E-state index in [0.717, 1.165) is 10.6 Å². The van der Waals surface area contributed by atoms with Crippen molar-refractivity contribution in [2.24, 2.45) is 0 Å². The van der Waals surface area contributed by atoms with Crippen LogP contribution in [0, 0.1) is 0 Å². The highest BCUT2D eigenvalue weighted by Gasteiger charge is 2.13. The molecule has 0 aliphatic carbocycles. The molecule has 0 radical (unpaired) electrons. The summed E-state index contributed by atoms with van der Waals surface area (Å²) in [6, 6.07) is 6.14. The van der Waals surface area contributed by atoms with Crippen LogP contribution in [0.1, 0.15) is 0 Å². The summed E-state index contributed by atoms with van der Waals surface area (Å²) >= 11 is 6.17. The number of para-hydroxylation sites is 1. The van der Waals surface area contributed by atoms with Gasteiger partial charge in [-0.25, -0.2) is 14.5 Å². The second kappa shape index (κ2) is 6.50. The van der Waals surface area contributed by atoms with Crippen molar-refractivity contribution in [2.75, 3.05) is 5.32 Å². The first-order chi connectivity index (χ1) is 11.5. The zero-order chi connectivity index (χ0) is 17.1. The Morgan fingerprint density at radius 1 is 1.29 bits per heavy atom. The monoisotopic (exact) mass is 346 g/mol. The molecule has 10 heteroatoms. The van der Waals surface area contributed by atoms with E-state index in [1.165, 1.54) is 23.5 Å². The van der Waals surface area contributed by atoms with Crippen molar-refractivity contribution in [1.82, 2.24) is 24.3 Å². The molecule has 0 saturated carbocycles. The lowest BCUT2D eigenvalue weighted by atomic mass is 10.2. The lowest BCUT2D eigenvalue weighted by Crippen LogP contribution is -2.32. The number of hydrogen-bond donors (Lipinski definition) is 2. The van der Waals surface area contributed by atoms with E-state index in [4.69, 9.17) is 11.6 Å².